The fourth-order valence-corrected chi connectivity index (χ4v) is 1.17. The van der Waals surface area contributed by atoms with E-state index in [1.165, 1.54) is 17.3 Å². The maximum Gasteiger partial charge on any atom is 0.433 e. The summed E-state index contributed by atoms with van der Waals surface area (Å²) < 4.78 is 37.1. The molecule has 0 saturated heterocycles. The molecule has 0 aromatic carbocycles. The lowest BCUT2D eigenvalue weighted by molar-refractivity contribution is -0.141. The van der Waals surface area contributed by atoms with Gasteiger partial charge in [0, 0.05) is 24.8 Å². The predicted octanol–water partition coefficient (Wildman–Crippen LogP) is 1.86. The lowest BCUT2D eigenvalue weighted by Gasteiger charge is -2.18. The number of hydrogen-bond acceptors (Lipinski definition) is 4. The van der Waals surface area contributed by atoms with E-state index in [1.54, 1.807) is 6.21 Å². The number of halogens is 3. The summed E-state index contributed by atoms with van der Waals surface area (Å²) in [5, 5.41) is 0. The highest BCUT2D eigenvalue weighted by Crippen LogP contribution is 2.28. The highest BCUT2D eigenvalue weighted by molar-refractivity contribution is 5.67. The molecule has 7 heteroatoms. The van der Waals surface area contributed by atoms with Gasteiger partial charge in [-0.3, -0.25) is 4.99 Å². The maximum atomic E-state index is 12.4. The third kappa shape index (κ3) is 2.18. The Balaban J connectivity index is 2.29. The Hall–Kier alpha value is -1.92. The van der Waals surface area contributed by atoms with Gasteiger partial charge in [0.2, 0.25) is 5.95 Å². The standard InChI is InChI=1S/C9H7F3N4/c10-9(11,12)7-1-2-14-8(15-7)16-5-3-13-4-6-16/h1-5H,6H2. The van der Waals surface area contributed by atoms with Crippen molar-refractivity contribution in [1.82, 2.24) is 9.97 Å². The summed E-state index contributed by atoms with van der Waals surface area (Å²) in [4.78, 5) is 12.5. The molecule has 0 unspecified atom stereocenters. The summed E-state index contributed by atoms with van der Waals surface area (Å²) in [5.74, 6) is 0.0113. The fourth-order valence-electron chi connectivity index (χ4n) is 1.17. The number of aliphatic imine (C=N–C) groups is 1. The normalized spacial score (nSPS) is 15.6. The van der Waals surface area contributed by atoms with Crippen LogP contribution in [0.1, 0.15) is 5.69 Å². The van der Waals surface area contributed by atoms with E-state index in [0.717, 1.165) is 12.3 Å². The molecule has 0 bridgehead atoms. The van der Waals surface area contributed by atoms with Crippen molar-refractivity contribution in [2.24, 2.45) is 4.99 Å². The fraction of sp³-hybridized carbons (Fsp3) is 0.222. The number of aromatic nitrogens is 2. The average Bonchev–Trinajstić information content (AvgIpc) is 2.29. The molecule has 16 heavy (non-hydrogen) atoms. The van der Waals surface area contributed by atoms with Gasteiger partial charge in [0.1, 0.15) is 5.69 Å². The van der Waals surface area contributed by atoms with E-state index in [2.05, 4.69) is 15.0 Å². The van der Waals surface area contributed by atoms with E-state index in [0.29, 0.717) is 6.54 Å². The van der Waals surface area contributed by atoms with Crippen LogP contribution in [0.4, 0.5) is 19.1 Å². The van der Waals surface area contributed by atoms with Crippen LogP contribution in [0.25, 0.3) is 0 Å². The summed E-state index contributed by atoms with van der Waals surface area (Å²) in [6.45, 7) is 0.359. The molecule has 0 fully saturated rings. The Morgan fingerprint density at radius 2 is 2.12 bits per heavy atom. The van der Waals surface area contributed by atoms with Crippen LogP contribution in [0.2, 0.25) is 0 Å². The molecule has 0 N–H and O–H groups in total. The summed E-state index contributed by atoms with van der Waals surface area (Å²) in [6, 6.07) is 0.839. The molecule has 1 aliphatic heterocycles. The first kappa shape index (κ1) is 10.6. The third-order valence-electron chi connectivity index (χ3n) is 1.91. The van der Waals surface area contributed by atoms with Crippen LogP contribution in [0, 0.1) is 0 Å². The zero-order valence-corrected chi connectivity index (χ0v) is 8.02. The Bertz CT molecular complexity index is 439. The Labute approximate surface area is 89.2 Å². The second-order valence-corrected chi connectivity index (χ2v) is 3.02. The summed E-state index contributed by atoms with van der Waals surface area (Å²) >= 11 is 0. The number of alkyl halides is 3. The minimum atomic E-state index is -4.45. The minimum Gasteiger partial charge on any atom is -0.310 e. The van der Waals surface area contributed by atoms with Crippen molar-refractivity contribution in [2.45, 2.75) is 6.18 Å². The van der Waals surface area contributed by atoms with E-state index < -0.39 is 11.9 Å². The van der Waals surface area contributed by atoms with Gasteiger partial charge in [0.05, 0.1) is 6.54 Å². The molecule has 1 aliphatic rings. The zero-order chi connectivity index (χ0) is 11.6. The van der Waals surface area contributed by atoms with Gasteiger partial charge in [-0.25, -0.2) is 9.97 Å². The topological polar surface area (TPSA) is 41.4 Å². The van der Waals surface area contributed by atoms with Gasteiger partial charge in [-0.15, -0.1) is 0 Å². The summed E-state index contributed by atoms with van der Waals surface area (Å²) in [7, 11) is 0. The second kappa shape index (κ2) is 3.92. The first-order valence-electron chi connectivity index (χ1n) is 4.42. The number of hydrogen-bond donors (Lipinski definition) is 0. The van der Waals surface area contributed by atoms with Crippen molar-refractivity contribution in [3.8, 4) is 0 Å². The van der Waals surface area contributed by atoms with Gasteiger partial charge in [-0.05, 0) is 6.07 Å². The van der Waals surface area contributed by atoms with Crippen molar-refractivity contribution < 1.29 is 13.2 Å². The molecule has 0 radical (unpaired) electrons. The van der Waals surface area contributed by atoms with Crippen LogP contribution in [0.3, 0.4) is 0 Å². The van der Waals surface area contributed by atoms with E-state index >= 15 is 0 Å². The van der Waals surface area contributed by atoms with Crippen LogP contribution < -0.4 is 4.90 Å². The molecule has 1 aromatic heterocycles. The second-order valence-electron chi connectivity index (χ2n) is 3.02. The molecule has 2 heterocycles. The molecular formula is C9H7F3N4. The quantitative estimate of drug-likeness (QED) is 0.736. The Morgan fingerprint density at radius 1 is 1.31 bits per heavy atom. The zero-order valence-electron chi connectivity index (χ0n) is 8.02. The Kier molecular flexibility index (Phi) is 2.59. The maximum absolute atomic E-state index is 12.4. The molecule has 0 atom stereocenters. The summed E-state index contributed by atoms with van der Waals surface area (Å²) in [5.41, 5.74) is -0.951. The molecule has 0 amide bonds. The highest BCUT2D eigenvalue weighted by atomic mass is 19.4. The van der Waals surface area contributed by atoms with Crippen molar-refractivity contribution in [3.05, 3.63) is 30.4 Å². The molecule has 1 aromatic rings. The van der Waals surface area contributed by atoms with Gasteiger partial charge < -0.3 is 4.90 Å². The monoisotopic (exact) mass is 228 g/mol. The number of rotatable bonds is 1. The van der Waals surface area contributed by atoms with Crippen LogP contribution in [-0.4, -0.2) is 22.7 Å². The van der Waals surface area contributed by atoms with Crippen LogP contribution >= 0.6 is 0 Å². The molecule has 0 saturated carbocycles. The molecular weight excluding hydrogens is 221 g/mol. The van der Waals surface area contributed by atoms with E-state index in [-0.39, 0.29) is 5.95 Å². The van der Waals surface area contributed by atoms with Gasteiger partial charge in [0.25, 0.3) is 0 Å². The molecule has 2 rings (SSSR count). The summed E-state index contributed by atoms with van der Waals surface area (Å²) in [6.07, 6.45) is 1.18. The first-order valence-corrected chi connectivity index (χ1v) is 4.42. The lowest BCUT2D eigenvalue weighted by Crippen LogP contribution is -2.23. The largest absolute Gasteiger partial charge is 0.433 e. The van der Waals surface area contributed by atoms with E-state index in [1.807, 2.05) is 0 Å². The van der Waals surface area contributed by atoms with Crippen molar-refractivity contribution in [3.63, 3.8) is 0 Å². The molecule has 0 spiro atoms. The average molecular weight is 228 g/mol. The molecule has 0 aliphatic carbocycles. The highest BCUT2D eigenvalue weighted by Gasteiger charge is 2.33. The van der Waals surface area contributed by atoms with Crippen LogP contribution in [-0.2, 0) is 6.18 Å². The van der Waals surface area contributed by atoms with Gasteiger partial charge in [-0.2, -0.15) is 13.2 Å². The molecule has 84 valence electrons. The molecule has 4 nitrogen and oxygen atoms in total. The van der Waals surface area contributed by atoms with E-state index in [9.17, 15) is 13.2 Å². The SMILES string of the molecule is FC(F)(F)c1ccnc(N2C=CN=CC2)n1. The smallest absolute Gasteiger partial charge is 0.310 e. The van der Waals surface area contributed by atoms with Gasteiger partial charge in [0.15, 0.2) is 0 Å². The van der Waals surface area contributed by atoms with Gasteiger partial charge >= 0.3 is 6.18 Å². The van der Waals surface area contributed by atoms with Crippen LogP contribution in [0.15, 0.2) is 29.7 Å². The Morgan fingerprint density at radius 3 is 2.75 bits per heavy atom. The first-order chi connectivity index (χ1) is 7.57. The van der Waals surface area contributed by atoms with Crippen molar-refractivity contribution >= 4 is 12.2 Å². The minimum absolute atomic E-state index is 0.0113. The van der Waals surface area contributed by atoms with Crippen LogP contribution in [0.5, 0.6) is 0 Å². The van der Waals surface area contributed by atoms with Crippen molar-refractivity contribution in [1.29, 1.82) is 0 Å². The predicted molar refractivity (Wildman–Crippen MR) is 52.0 cm³/mol. The number of anilines is 1. The van der Waals surface area contributed by atoms with E-state index in [4.69, 9.17) is 0 Å². The van der Waals surface area contributed by atoms with Crippen molar-refractivity contribution in [2.75, 3.05) is 11.4 Å². The van der Waals surface area contributed by atoms with Gasteiger partial charge in [-0.1, -0.05) is 0 Å². The number of nitrogens with zero attached hydrogens (tertiary/aromatic N) is 4. The lowest BCUT2D eigenvalue weighted by atomic mass is 10.4. The third-order valence-corrected chi connectivity index (χ3v) is 1.91.